The topological polar surface area (TPSA) is 43.6 Å². The van der Waals surface area contributed by atoms with E-state index in [1.165, 1.54) is 43.1 Å². The van der Waals surface area contributed by atoms with Gasteiger partial charge >= 0.3 is 0 Å². The third-order valence-electron chi connectivity index (χ3n) is 11.0. The summed E-state index contributed by atoms with van der Waals surface area (Å²) in [5.41, 5.74) is 9.52. The quantitative estimate of drug-likeness (QED) is 0.167. The minimum Gasteiger partial charge on any atom is -0.309 e. The molecule has 0 fully saturated rings. The molecule has 11 rings (SSSR count). The Kier molecular flexibility index (Phi) is 7.36. The molecule has 0 aliphatic rings. The second-order valence-corrected chi connectivity index (χ2v) is 14.5. The van der Waals surface area contributed by atoms with Crippen molar-refractivity contribution < 1.29 is 0 Å². The molecule has 0 atom stereocenters. The largest absolute Gasteiger partial charge is 0.309 e. The first-order valence-corrected chi connectivity index (χ1v) is 19.0. The zero-order valence-electron chi connectivity index (χ0n) is 30.7. The highest BCUT2D eigenvalue weighted by Gasteiger charge is 2.19. The van der Waals surface area contributed by atoms with Gasteiger partial charge in [0.05, 0.1) is 11.0 Å². The molecule has 0 N–H and O–H groups in total. The lowest BCUT2D eigenvalue weighted by Gasteiger charge is -2.15. The summed E-state index contributed by atoms with van der Waals surface area (Å²) in [5.74, 6) is 1.89. The summed E-state index contributed by atoms with van der Waals surface area (Å²) in [6, 6.07) is 66.8. The van der Waals surface area contributed by atoms with Gasteiger partial charge in [-0.05, 0) is 92.3 Å². The van der Waals surface area contributed by atoms with E-state index >= 15 is 0 Å². The Morgan fingerprint density at radius 1 is 0.321 bits per heavy atom. The SMILES string of the molecule is Cc1cc(-c2nc(-c3ccc4c5ccccc5c5ccccc5c4c3)nc(-c3ccccc3-c3ccccc3)n2)cc(-n2c3ccccc3c3ccccc32)c1. The highest BCUT2D eigenvalue weighted by Crippen LogP contribution is 2.39. The van der Waals surface area contributed by atoms with Gasteiger partial charge in [0.1, 0.15) is 0 Å². The number of nitrogens with zero attached hydrogens (tertiary/aromatic N) is 4. The van der Waals surface area contributed by atoms with Crippen molar-refractivity contribution in [3.05, 3.63) is 194 Å². The molecule has 0 spiro atoms. The van der Waals surface area contributed by atoms with Crippen LogP contribution in [0.1, 0.15) is 5.56 Å². The van der Waals surface area contributed by atoms with E-state index in [9.17, 15) is 0 Å². The standard InChI is InChI=1S/C52H34N4/c1-33-29-36(31-37(30-33)56-48-25-13-11-22-44(48)45-23-12-14-26-49(45)56)51-53-50(54-52(55-51)46-24-10-5-17-38(46)34-15-3-2-4-16-34)35-27-28-43-41-20-7-6-18-39(41)40-19-8-9-21-42(40)47(43)32-35/h2-32H,1H3. The maximum Gasteiger partial charge on any atom is 0.164 e. The Balaban J connectivity index is 1.17. The molecule has 0 radical (unpaired) electrons. The van der Waals surface area contributed by atoms with E-state index in [1.54, 1.807) is 0 Å². The monoisotopic (exact) mass is 714 g/mol. The molecule has 262 valence electrons. The molecule has 0 saturated heterocycles. The fourth-order valence-corrected chi connectivity index (χ4v) is 8.57. The van der Waals surface area contributed by atoms with E-state index in [-0.39, 0.29) is 0 Å². The summed E-state index contributed by atoms with van der Waals surface area (Å²) in [7, 11) is 0. The van der Waals surface area contributed by atoms with Gasteiger partial charge in [0.15, 0.2) is 17.5 Å². The molecule has 0 aliphatic carbocycles. The highest BCUT2D eigenvalue weighted by atomic mass is 15.0. The van der Waals surface area contributed by atoms with Crippen LogP contribution in [0.15, 0.2) is 188 Å². The number of benzene rings is 9. The van der Waals surface area contributed by atoms with Crippen LogP contribution in [0.4, 0.5) is 0 Å². The van der Waals surface area contributed by atoms with E-state index < -0.39 is 0 Å². The van der Waals surface area contributed by atoms with Crippen molar-refractivity contribution in [2.45, 2.75) is 6.92 Å². The Bertz CT molecular complexity index is 3240. The van der Waals surface area contributed by atoms with E-state index in [1.807, 2.05) is 6.07 Å². The highest BCUT2D eigenvalue weighted by molar-refractivity contribution is 6.25. The van der Waals surface area contributed by atoms with Crippen LogP contribution in [0.25, 0.3) is 105 Å². The number of aromatic nitrogens is 4. The van der Waals surface area contributed by atoms with E-state index in [4.69, 9.17) is 15.0 Å². The van der Waals surface area contributed by atoms with Gasteiger partial charge in [0.25, 0.3) is 0 Å². The first kappa shape index (κ1) is 32.0. The Morgan fingerprint density at radius 2 is 0.804 bits per heavy atom. The zero-order valence-corrected chi connectivity index (χ0v) is 30.7. The van der Waals surface area contributed by atoms with Crippen molar-refractivity contribution in [2.24, 2.45) is 0 Å². The molecule has 0 aliphatic heterocycles. The van der Waals surface area contributed by atoms with Gasteiger partial charge in [-0.25, -0.2) is 15.0 Å². The van der Waals surface area contributed by atoms with Gasteiger partial charge in [-0.1, -0.05) is 152 Å². The van der Waals surface area contributed by atoms with Crippen molar-refractivity contribution in [2.75, 3.05) is 0 Å². The summed E-state index contributed by atoms with van der Waals surface area (Å²) >= 11 is 0. The third kappa shape index (κ3) is 5.19. The lowest BCUT2D eigenvalue weighted by molar-refractivity contribution is 1.07. The second kappa shape index (κ2) is 12.9. The van der Waals surface area contributed by atoms with Crippen LogP contribution >= 0.6 is 0 Å². The van der Waals surface area contributed by atoms with Crippen LogP contribution in [0.5, 0.6) is 0 Å². The van der Waals surface area contributed by atoms with E-state index in [0.29, 0.717) is 17.5 Å². The zero-order chi connectivity index (χ0) is 37.2. The van der Waals surface area contributed by atoms with Crippen molar-refractivity contribution in [3.63, 3.8) is 0 Å². The molecule has 4 nitrogen and oxygen atoms in total. The maximum atomic E-state index is 5.31. The van der Waals surface area contributed by atoms with Crippen LogP contribution in [-0.2, 0) is 0 Å². The van der Waals surface area contributed by atoms with Crippen molar-refractivity contribution in [1.82, 2.24) is 19.5 Å². The minimum atomic E-state index is 0.627. The Labute approximate surface area is 324 Å². The number of rotatable bonds is 5. The molecular weight excluding hydrogens is 681 g/mol. The van der Waals surface area contributed by atoms with Gasteiger partial charge in [0.2, 0.25) is 0 Å². The Morgan fingerprint density at radius 3 is 1.45 bits per heavy atom. The molecular formula is C52H34N4. The smallest absolute Gasteiger partial charge is 0.164 e. The molecule has 0 saturated carbocycles. The van der Waals surface area contributed by atoms with Gasteiger partial charge in [-0.2, -0.15) is 0 Å². The lowest BCUT2D eigenvalue weighted by Crippen LogP contribution is -2.02. The number of aryl methyl sites for hydroxylation is 1. The average Bonchev–Trinajstić information content (AvgIpc) is 3.61. The van der Waals surface area contributed by atoms with Crippen molar-refractivity contribution in [1.29, 1.82) is 0 Å². The average molecular weight is 715 g/mol. The molecule has 0 bridgehead atoms. The number of fused-ring (bicyclic) bond motifs is 9. The van der Waals surface area contributed by atoms with Gasteiger partial charge < -0.3 is 4.57 Å². The molecule has 2 aromatic heterocycles. The molecule has 56 heavy (non-hydrogen) atoms. The van der Waals surface area contributed by atoms with Gasteiger partial charge in [-0.3, -0.25) is 0 Å². The van der Waals surface area contributed by atoms with Crippen molar-refractivity contribution in [3.8, 4) is 51.0 Å². The van der Waals surface area contributed by atoms with Crippen LogP contribution in [0.3, 0.4) is 0 Å². The van der Waals surface area contributed by atoms with Crippen LogP contribution in [0, 0.1) is 6.92 Å². The van der Waals surface area contributed by atoms with Crippen LogP contribution < -0.4 is 0 Å². The molecule has 4 heteroatoms. The summed E-state index contributed by atoms with van der Waals surface area (Å²) < 4.78 is 2.35. The van der Waals surface area contributed by atoms with Crippen LogP contribution in [-0.4, -0.2) is 19.5 Å². The lowest BCUT2D eigenvalue weighted by atomic mass is 9.93. The molecule has 0 unspecified atom stereocenters. The van der Waals surface area contributed by atoms with Crippen LogP contribution in [0.2, 0.25) is 0 Å². The second-order valence-electron chi connectivity index (χ2n) is 14.5. The van der Waals surface area contributed by atoms with E-state index in [0.717, 1.165) is 50.1 Å². The summed E-state index contributed by atoms with van der Waals surface area (Å²) in [4.78, 5) is 15.9. The third-order valence-corrected chi connectivity index (χ3v) is 11.0. The normalized spacial score (nSPS) is 11.7. The van der Waals surface area contributed by atoms with Gasteiger partial charge in [0, 0.05) is 33.2 Å². The first-order chi connectivity index (χ1) is 27.7. The number of para-hydroxylation sites is 2. The number of hydrogen-bond donors (Lipinski definition) is 0. The molecule has 11 aromatic rings. The molecule has 2 heterocycles. The van der Waals surface area contributed by atoms with E-state index in [2.05, 4.69) is 193 Å². The molecule has 9 aromatic carbocycles. The maximum absolute atomic E-state index is 5.31. The van der Waals surface area contributed by atoms with Gasteiger partial charge in [-0.15, -0.1) is 0 Å². The fraction of sp³-hybridized carbons (Fsp3) is 0.0192. The predicted octanol–water partition coefficient (Wildman–Crippen LogP) is 13.4. The molecule has 0 amide bonds. The summed E-state index contributed by atoms with van der Waals surface area (Å²) in [6.07, 6.45) is 0. The number of hydrogen-bond acceptors (Lipinski definition) is 3. The first-order valence-electron chi connectivity index (χ1n) is 19.0. The minimum absolute atomic E-state index is 0.627. The Hall–Kier alpha value is -7.43. The predicted molar refractivity (Wildman–Crippen MR) is 233 cm³/mol. The summed E-state index contributed by atoms with van der Waals surface area (Å²) in [5, 5.41) is 9.77. The summed E-state index contributed by atoms with van der Waals surface area (Å²) in [6.45, 7) is 2.15. The fourth-order valence-electron chi connectivity index (χ4n) is 8.57. The van der Waals surface area contributed by atoms with Crippen molar-refractivity contribution >= 4 is 54.1 Å².